The average Bonchev–Trinajstić information content (AvgIpc) is 2.96. The van der Waals surface area contributed by atoms with Crippen molar-refractivity contribution < 1.29 is 0 Å². The molecule has 4 heteroatoms. The zero-order valence-corrected chi connectivity index (χ0v) is 11.1. The standard InChI is InChI=1S/C15H20N4/c1-2-4-14(5-3-1)15-12-17-19(13-15)11-10-18-8-6-16-7-9-18/h1-5,12-13,16H,6-11H2. The van der Waals surface area contributed by atoms with Crippen molar-refractivity contribution in [2.24, 2.45) is 0 Å². The van der Waals surface area contributed by atoms with Gasteiger partial charge in [0.05, 0.1) is 12.7 Å². The van der Waals surface area contributed by atoms with Crippen molar-refractivity contribution in [2.75, 3.05) is 32.7 Å². The SMILES string of the molecule is c1ccc(-c2cnn(CCN3CCNCC3)c2)cc1. The Morgan fingerprint density at radius 1 is 1.00 bits per heavy atom. The van der Waals surface area contributed by atoms with Gasteiger partial charge in [-0.05, 0) is 5.56 Å². The topological polar surface area (TPSA) is 33.1 Å². The third-order valence-corrected chi connectivity index (χ3v) is 3.60. The van der Waals surface area contributed by atoms with Crippen LogP contribution < -0.4 is 5.32 Å². The van der Waals surface area contributed by atoms with Crippen LogP contribution in [-0.2, 0) is 6.54 Å². The Morgan fingerprint density at radius 2 is 1.79 bits per heavy atom. The van der Waals surface area contributed by atoms with Crippen LogP contribution in [0.2, 0.25) is 0 Å². The summed E-state index contributed by atoms with van der Waals surface area (Å²) in [5.74, 6) is 0. The normalized spacial score (nSPS) is 16.6. The lowest BCUT2D eigenvalue weighted by atomic mass is 10.1. The van der Waals surface area contributed by atoms with Gasteiger partial charge in [-0.3, -0.25) is 9.58 Å². The molecule has 0 bridgehead atoms. The minimum absolute atomic E-state index is 0.965. The zero-order chi connectivity index (χ0) is 12.9. The molecule has 1 aromatic heterocycles. The predicted octanol–water partition coefficient (Wildman–Crippen LogP) is 1.46. The molecule has 0 amide bonds. The maximum absolute atomic E-state index is 4.45. The second-order valence-electron chi connectivity index (χ2n) is 4.95. The molecule has 1 fully saturated rings. The summed E-state index contributed by atoms with van der Waals surface area (Å²) >= 11 is 0. The molecule has 1 aliphatic rings. The quantitative estimate of drug-likeness (QED) is 0.899. The fourth-order valence-electron chi connectivity index (χ4n) is 2.44. The third kappa shape index (κ3) is 3.22. The van der Waals surface area contributed by atoms with Gasteiger partial charge in [0.15, 0.2) is 0 Å². The van der Waals surface area contributed by atoms with Crippen LogP contribution >= 0.6 is 0 Å². The van der Waals surface area contributed by atoms with E-state index in [-0.39, 0.29) is 0 Å². The molecule has 0 saturated carbocycles. The van der Waals surface area contributed by atoms with Crippen LogP contribution in [-0.4, -0.2) is 47.4 Å². The zero-order valence-electron chi connectivity index (χ0n) is 11.1. The first kappa shape index (κ1) is 12.4. The highest BCUT2D eigenvalue weighted by Crippen LogP contribution is 2.17. The predicted molar refractivity (Wildman–Crippen MR) is 77.0 cm³/mol. The minimum Gasteiger partial charge on any atom is -0.314 e. The molecule has 1 aromatic carbocycles. The van der Waals surface area contributed by atoms with E-state index in [4.69, 9.17) is 0 Å². The largest absolute Gasteiger partial charge is 0.314 e. The second kappa shape index (κ2) is 5.99. The van der Waals surface area contributed by atoms with E-state index in [2.05, 4.69) is 45.8 Å². The van der Waals surface area contributed by atoms with Crippen LogP contribution in [0, 0.1) is 0 Å². The molecular formula is C15H20N4. The molecule has 2 aromatic rings. The van der Waals surface area contributed by atoms with E-state index < -0.39 is 0 Å². The monoisotopic (exact) mass is 256 g/mol. The number of aromatic nitrogens is 2. The number of nitrogens with zero attached hydrogens (tertiary/aromatic N) is 3. The summed E-state index contributed by atoms with van der Waals surface area (Å²) in [6.45, 7) is 6.55. The molecule has 1 aliphatic heterocycles. The molecule has 0 radical (unpaired) electrons. The van der Waals surface area contributed by atoms with Crippen molar-refractivity contribution in [3.8, 4) is 11.1 Å². The van der Waals surface area contributed by atoms with E-state index in [1.807, 2.05) is 16.9 Å². The van der Waals surface area contributed by atoms with Gasteiger partial charge in [-0.1, -0.05) is 30.3 Å². The average molecular weight is 256 g/mol. The molecule has 100 valence electrons. The van der Waals surface area contributed by atoms with Crippen LogP contribution in [0.4, 0.5) is 0 Å². The van der Waals surface area contributed by atoms with Gasteiger partial charge in [-0.25, -0.2) is 0 Å². The summed E-state index contributed by atoms with van der Waals surface area (Å²) in [5, 5.41) is 7.83. The van der Waals surface area contributed by atoms with Gasteiger partial charge in [0.1, 0.15) is 0 Å². The fraction of sp³-hybridized carbons (Fsp3) is 0.400. The van der Waals surface area contributed by atoms with Crippen LogP contribution in [0.1, 0.15) is 0 Å². The van der Waals surface area contributed by atoms with Gasteiger partial charge in [0, 0.05) is 44.5 Å². The van der Waals surface area contributed by atoms with Gasteiger partial charge in [0.2, 0.25) is 0 Å². The van der Waals surface area contributed by atoms with Gasteiger partial charge in [-0.15, -0.1) is 0 Å². The molecule has 19 heavy (non-hydrogen) atoms. The number of hydrogen-bond donors (Lipinski definition) is 1. The van der Waals surface area contributed by atoms with Crippen molar-refractivity contribution in [3.05, 3.63) is 42.7 Å². The molecule has 3 rings (SSSR count). The lowest BCUT2D eigenvalue weighted by molar-refractivity contribution is 0.229. The Labute approximate surface area is 114 Å². The fourth-order valence-corrected chi connectivity index (χ4v) is 2.44. The Bertz CT molecular complexity index is 500. The van der Waals surface area contributed by atoms with Crippen molar-refractivity contribution in [3.63, 3.8) is 0 Å². The molecule has 0 unspecified atom stereocenters. The molecule has 0 atom stereocenters. The van der Waals surface area contributed by atoms with E-state index in [1.165, 1.54) is 11.1 Å². The summed E-state index contributed by atoms with van der Waals surface area (Å²) in [6.07, 6.45) is 4.09. The van der Waals surface area contributed by atoms with Crippen molar-refractivity contribution >= 4 is 0 Å². The molecule has 2 heterocycles. The van der Waals surface area contributed by atoms with Crippen LogP contribution in [0.3, 0.4) is 0 Å². The molecule has 0 spiro atoms. The van der Waals surface area contributed by atoms with Crippen molar-refractivity contribution in [1.82, 2.24) is 20.0 Å². The Morgan fingerprint density at radius 3 is 2.58 bits per heavy atom. The number of hydrogen-bond acceptors (Lipinski definition) is 3. The molecular weight excluding hydrogens is 236 g/mol. The highest BCUT2D eigenvalue weighted by atomic mass is 15.3. The first-order valence-electron chi connectivity index (χ1n) is 6.93. The van der Waals surface area contributed by atoms with Gasteiger partial charge < -0.3 is 5.32 Å². The maximum atomic E-state index is 4.45. The molecule has 4 nitrogen and oxygen atoms in total. The minimum atomic E-state index is 0.965. The van der Waals surface area contributed by atoms with E-state index in [0.717, 1.165) is 39.3 Å². The van der Waals surface area contributed by atoms with Gasteiger partial charge in [0.25, 0.3) is 0 Å². The maximum Gasteiger partial charge on any atom is 0.0568 e. The van der Waals surface area contributed by atoms with Gasteiger partial charge >= 0.3 is 0 Å². The summed E-state index contributed by atoms with van der Waals surface area (Å²) in [7, 11) is 0. The van der Waals surface area contributed by atoms with E-state index in [9.17, 15) is 0 Å². The lowest BCUT2D eigenvalue weighted by Crippen LogP contribution is -2.44. The molecule has 1 N–H and O–H groups in total. The number of piperazine rings is 1. The summed E-state index contributed by atoms with van der Waals surface area (Å²) in [5.41, 5.74) is 2.43. The highest BCUT2D eigenvalue weighted by Gasteiger charge is 2.09. The van der Waals surface area contributed by atoms with Crippen LogP contribution in [0.15, 0.2) is 42.7 Å². The smallest absolute Gasteiger partial charge is 0.0568 e. The van der Waals surface area contributed by atoms with Gasteiger partial charge in [-0.2, -0.15) is 5.10 Å². The first-order valence-corrected chi connectivity index (χ1v) is 6.93. The summed E-state index contributed by atoms with van der Waals surface area (Å²) in [6, 6.07) is 10.4. The van der Waals surface area contributed by atoms with E-state index in [0.29, 0.717) is 0 Å². The second-order valence-corrected chi connectivity index (χ2v) is 4.95. The molecule has 1 saturated heterocycles. The van der Waals surface area contributed by atoms with E-state index >= 15 is 0 Å². The third-order valence-electron chi connectivity index (χ3n) is 3.60. The Balaban J connectivity index is 1.59. The lowest BCUT2D eigenvalue weighted by Gasteiger charge is -2.26. The van der Waals surface area contributed by atoms with Crippen molar-refractivity contribution in [1.29, 1.82) is 0 Å². The highest BCUT2D eigenvalue weighted by molar-refractivity contribution is 5.61. The number of benzene rings is 1. The Hall–Kier alpha value is -1.65. The summed E-state index contributed by atoms with van der Waals surface area (Å²) in [4.78, 5) is 2.49. The Kier molecular flexibility index (Phi) is 3.91. The summed E-state index contributed by atoms with van der Waals surface area (Å²) < 4.78 is 2.05. The number of rotatable bonds is 4. The van der Waals surface area contributed by atoms with Crippen LogP contribution in [0.25, 0.3) is 11.1 Å². The van der Waals surface area contributed by atoms with Crippen molar-refractivity contribution in [2.45, 2.75) is 6.54 Å². The van der Waals surface area contributed by atoms with E-state index in [1.54, 1.807) is 0 Å². The first-order chi connectivity index (χ1) is 9.42. The van der Waals surface area contributed by atoms with Crippen LogP contribution in [0.5, 0.6) is 0 Å². The molecule has 0 aliphatic carbocycles. The number of nitrogens with one attached hydrogen (secondary N) is 1.